The molecule has 0 saturated heterocycles. The molecule has 6 N–H and O–H groups in total. The van der Waals surface area contributed by atoms with Crippen LogP contribution in [0.15, 0.2) is 111 Å². The number of aromatic nitrogens is 1. The van der Waals surface area contributed by atoms with Crippen LogP contribution in [0, 0.1) is 0 Å². The van der Waals surface area contributed by atoms with Gasteiger partial charge in [-0.15, -0.1) is 9.24 Å². The van der Waals surface area contributed by atoms with E-state index in [1.54, 1.807) is 18.2 Å². The van der Waals surface area contributed by atoms with Crippen molar-refractivity contribution in [3.63, 3.8) is 0 Å². The summed E-state index contributed by atoms with van der Waals surface area (Å²) in [5.41, 5.74) is 15.5. The number of amidine groups is 1. The Morgan fingerprint density at radius 2 is 1.37 bits per heavy atom. The van der Waals surface area contributed by atoms with Gasteiger partial charge in [0.15, 0.2) is 21.2 Å². The number of thiazole rings is 1. The van der Waals surface area contributed by atoms with Crippen molar-refractivity contribution >= 4 is 137 Å². The summed E-state index contributed by atoms with van der Waals surface area (Å²) in [5.74, 6) is 1.81. The second-order valence-electron chi connectivity index (χ2n) is 12.8. The van der Waals surface area contributed by atoms with Crippen LogP contribution in [-0.2, 0) is 0 Å². The average Bonchev–Trinajstić information content (AvgIpc) is 3.58. The number of thiocarbonyl (C=S) groups is 1. The molecule has 1 unspecified atom stereocenters. The maximum absolute atomic E-state index is 12.7. The van der Waals surface area contributed by atoms with Gasteiger partial charge in [0.2, 0.25) is 5.78 Å². The van der Waals surface area contributed by atoms with Crippen LogP contribution in [0.1, 0.15) is 25.6 Å². The number of likely N-dealkylation sites (N-methyl/N-ethyl adjacent to an activating group) is 2. The molecule has 1 aromatic heterocycles. The SMILES string of the molecule is CN(C)CCOc1ccc(NC(=S)N=C(N)SCP)cc1.CN(C)CCOc1ccc(Nc2nc(N)c(C(=O)c3cccc(Br)c3)s2)cc1.O=C(CBr)c1cccc(Br)c1. The minimum Gasteiger partial charge on any atom is -0.492 e. The van der Waals surface area contributed by atoms with Crippen molar-refractivity contribution in [3.05, 3.63) is 122 Å². The number of hydrogen-bond donors (Lipinski definition) is 4. The van der Waals surface area contributed by atoms with Crippen molar-refractivity contribution in [1.29, 1.82) is 0 Å². The number of nitrogen functional groups attached to an aromatic ring is 1. The van der Waals surface area contributed by atoms with E-state index in [0.29, 0.717) is 44.4 Å². The smallest absolute Gasteiger partial charge is 0.206 e. The van der Waals surface area contributed by atoms with E-state index in [4.69, 9.17) is 33.2 Å². The number of anilines is 4. The maximum Gasteiger partial charge on any atom is 0.206 e. The number of Topliss-reactive ketones (excluding diaryl/α,β-unsaturated/α-hetero) is 1. The molecule has 1 heterocycles. The molecule has 0 amide bonds. The Kier molecular flexibility index (Phi) is 23.3. The minimum absolute atomic E-state index is 0.103. The van der Waals surface area contributed by atoms with E-state index in [-0.39, 0.29) is 17.4 Å². The van der Waals surface area contributed by atoms with Crippen molar-refractivity contribution in [2.24, 2.45) is 10.7 Å². The summed E-state index contributed by atoms with van der Waals surface area (Å²) in [4.78, 5) is 36.7. The Balaban J connectivity index is 0.000000264. The topological polar surface area (TPSA) is 160 Å². The Labute approximate surface area is 393 Å². The Hall–Kier alpha value is -3.45. The van der Waals surface area contributed by atoms with Gasteiger partial charge in [0, 0.05) is 50.0 Å². The standard InChI is InChI=1S/C20H21BrN4O2S.C13H21N4OPS2.C8H6Br2O/c1-25(2)10-11-27-16-8-6-15(7-9-16)23-20-24-19(22)18(28-20)17(26)13-4-3-5-14(21)12-13;1-17(2)7-8-18-11-5-3-10(4-6-11)15-13(20)16-12(14)21-9-19;9-5-8(11)6-2-1-3-7(10)4-6/h3-9,12H,10-11,22H2,1-2H3,(H,23,24);3-6H,7-9,19H2,1-2H3,(H3,14,15,16,20);1-4H,5H2. The molecule has 0 fully saturated rings. The van der Waals surface area contributed by atoms with E-state index >= 15 is 0 Å². The summed E-state index contributed by atoms with van der Waals surface area (Å²) in [6.45, 7) is 3.02. The Morgan fingerprint density at radius 3 is 1.87 bits per heavy atom. The molecular formula is C41H48Br3N8O4PS3. The number of thioether (sulfide) groups is 1. The summed E-state index contributed by atoms with van der Waals surface area (Å²) in [5, 5.41) is 7.94. The first-order valence-corrected chi connectivity index (χ1v) is 23.8. The molecule has 60 heavy (non-hydrogen) atoms. The molecule has 320 valence electrons. The summed E-state index contributed by atoms with van der Waals surface area (Å²) < 4.78 is 13.1. The highest BCUT2D eigenvalue weighted by atomic mass is 79.9. The summed E-state index contributed by atoms with van der Waals surface area (Å²) in [6, 6.07) is 29.7. The number of nitrogens with one attached hydrogen (secondary N) is 2. The van der Waals surface area contributed by atoms with Crippen LogP contribution in [0.25, 0.3) is 0 Å². The van der Waals surface area contributed by atoms with E-state index < -0.39 is 0 Å². The molecule has 0 bridgehead atoms. The molecule has 1 atom stereocenters. The second kappa shape index (κ2) is 27.5. The molecule has 0 spiro atoms. The lowest BCUT2D eigenvalue weighted by Crippen LogP contribution is -2.19. The molecule has 4 aromatic carbocycles. The van der Waals surface area contributed by atoms with Crippen LogP contribution < -0.4 is 31.6 Å². The molecule has 5 aromatic rings. The normalized spacial score (nSPS) is 10.9. The van der Waals surface area contributed by atoms with Gasteiger partial charge in [0.25, 0.3) is 0 Å². The van der Waals surface area contributed by atoms with Gasteiger partial charge < -0.3 is 41.4 Å². The molecular weight excluding hydrogens is 1040 g/mol. The molecule has 12 nitrogen and oxygen atoms in total. The molecule has 5 rings (SSSR count). The van der Waals surface area contributed by atoms with Gasteiger partial charge in [-0.2, -0.15) is 4.99 Å². The van der Waals surface area contributed by atoms with Crippen molar-refractivity contribution in [3.8, 4) is 11.5 Å². The highest BCUT2D eigenvalue weighted by Crippen LogP contribution is 2.31. The van der Waals surface area contributed by atoms with E-state index in [2.05, 4.69) is 87.4 Å². The van der Waals surface area contributed by atoms with Crippen molar-refractivity contribution in [1.82, 2.24) is 14.8 Å². The number of hydrogen-bond acceptors (Lipinski definition) is 12. The lowest BCUT2D eigenvalue weighted by atomic mass is 10.1. The van der Waals surface area contributed by atoms with Gasteiger partial charge >= 0.3 is 0 Å². The fourth-order valence-electron chi connectivity index (χ4n) is 4.50. The number of halogens is 3. The van der Waals surface area contributed by atoms with E-state index in [9.17, 15) is 9.59 Å². The zero-order valence-electron chi connectivity index (χ0n) is 33.5. The predicted octanol–water partition coefficient (Wildman–Crippen LogP) is 9.63. The van der Waals surface area contributed by atoms with Gasteiger partial charge in [-0.1, -0.05) is 95.2 Å². The van der Waals surface area contributed by atoms with Gasteiger partial charge in [0.1, 0.15) is 35.4 Å². The van der Waals surface area contributed by atoms with Crippen LogP contribution in [-0.4, -0.2) is 102 Å². The maximum atomic E-state index is 12.7. The van der Waals surface area contributed by atoms with Gasteiger partial charge in [-0.05, 0) is 113 Å². The minimum atomic E-state index is -0.144. The van der Waals surface area contributed by atoms with Crippen molar-refractivity contribution < 1.29 is 19.1 Å². The van der Waals surface area contributed by atoms with Crippen LogP contribution in [0.4, 0.5) is 22.3 Å². The third-order valence-corrected chi connectivity index (χ3v) is 11.2. The Bertz CT molecular complexity index is 2160. The first kappa shape index (κ1) is 50.9. The van der Waals surface area contributed by atoms with Gasteiger partial charge in [-0.3, -0.25) is 9.59 Å². The summed E-state index contributed by atoms with van der Waals surface area (Å²) in [7, 11) is 10.6. The molecule has 19 heteroatoms. The second-order valence-corrected chi connectivity index (χ2v) is 18.6. The average molecular weight is 1080 g/mol. The molecule has 0 aliphatic carbocycles. The number of alkyl halides is 1. The quantitative estimate of drug-likeness (QED) is 0.0185. The number of carbonyl (C=O) groups is 2. The van der Waals surface area contributed by atoms with E-state index in [1.165, 1.54) is 23.1 Å². The Morgan fingerprint density at radius 1 is 0.850 bits per heavy atom. The number of rotatable bonds is 16. The van der Waals surface area contributed by atoms with E-state index in [0.717, 1.165) is 56.0 Å². The number of ether oxygens (including phenoxy) is 2. The summed E-state index contributed by atoms with van der Waals surface area (Å²) in [6.07, 6.45) is 0. The number of nitrogens with zero attached hydrogens (tertiary/aromatic N) is 4. The summed E-state index contributed by atoms with van der Waals surface area (Å²) >= 11 is 17.6. The predicted molar refractivity (Wildman–Crippen MR) is 271 cm³/mol. The molecule has 0 radical (unpaired) electrons. The zero-order valence-corrected chi connectivity index (χ0v) is 41.9. The monoisotopic (exact) mass is 1080 g/mol. The zero-order chi connectivity index (χ0) is 44.0. The van der Waals surface area contributed by atoms with Gasteiger partial charge in [0.05, 0.1) is 5.33 Å². The lowest BCUT2D eigenvalue weighted by molar-refractivity contribution is 0.102. The fraction of sp³-hybridized carbons (Fsp3) is 0.244. The van der Waals surface area contributed by atoms with Crippen LogP contribution >= 0.6 is 92.3 Å². The first-order chi connectivity index (χ1) is 28.7. The first-order valence-electron chi connectivity index (χ1n) is 18.1. The van der Waals surface area contributed by atoms with E-state index in [1.807, 2.05) is 107 Å². The van der Waals surface area contributed by atoms with Crippen molar-refractivity contribution in [2.75, 3.05) is 81.7 Å². The number of ketones is 2. The molecule has 0 aliphatic heterocycles. The molecule has 0 aliphatic rings. The highest BCUT2D eigenvalue weighted by Gasteiger charge is 2.18. The molecule has 0 saturated carbocycles. The largest absolute Gasteiger partial charge is 0.492 e. The van der Waals surface area contributed by atoms with Crippen LogP contribution in [0.3, 0.4) is 0 Å². The highest BCUT2D eigenvalue weighted by molar-refractivity contribution is 9.10. The number of nitrogens with two attached hydrogens (primary N) is 2. The number of aliphatic imine (C=N–C) groups is 1. The third kappa shape index (κ3) is 19.5. The number of carbonyl (C=O) groups excluding carboxylic acids is 2. The van der Waals surface area contributed by atoms with Crippen molar-refractivity contribution in [2.45, 2.75) is 0 Å². The fourth-order valence-corrected chi connectivity index (χ4v) is 7.60. The lowest BCUT2D eigenvalue weighted by Gasteiger charge is -2.11. The van der Waals surface area contributed by atoms with Crippen LogP contribution in [0.2, 0.25) is 0 Å². The number of benzene rings is 4. The van der Waals surface area contributed by atoms with Gasteiger partial charge in [-0.25, -0.2) is 4.98 Å². The van der Waals surface area contributed by atoms with Crippen LogP contribution in [0.5, 0.6) is 11.5 Å². The third-order valence-electron chi connectivity index (χ3n) is 7.48.